The molecule has 1 saturated heterocycles. The number of ether oxygens (including phenoxy) is 2. The number of hydrogen-bond acceptors (Lipinski definition) is 6. The Labute approximate surface area is 175 Å². The van der Waals surface area contributed by atoms with Crippen LogP contribution in [0, 0.1) is 13.8 Å². The molecule has 2 atom stereocenters. The van der Waals surface area contributed by atoms with Gasteiger partial charge < -0.3 is 20.1 Å². The van der Waals surface area contributed by atoms with Crippen molar-refractivity contribution in [1.82, 2.24) is 20.4 Å². The third-order valence-corrected chi connectivity index (χ3v) is 5.38. The predicted molar refractivity (Wildman–Crippen MR) is 110 cm³/mol. The topological polar surface area (TPSA) is 107 Å². The summed E-state index contributed by atoms with van der Waals surface area (Å²) in [7, 11) is 0. The van der Waals surface area contributed by atoms with Crippen LogP contribution in [0.1, 0.15) is 43.0 Å². The van der Waals surface area contributed by atoms with E-state index in [0.29, 0.717) is 49.7 Å². The standard InChI is InChI=1S/C21H27N5O4/c1-12-10-20(28)24-21(22-12)26-14(3)16(13(2)25-26)5-7-19(27)23-15-4-6-17-18(11-15)30-9-8-29-17/h4,6,11-12,21-22H,5,7-10H2,1-3H3,(H,23,27)(H,24,28). The number of benzene rings is 1. The maximum absolute atomic E-state index is 12.5. The third kappa shape index (κ3) is 4.25. The molecule has 0 saturated carbocycles. The van der Waals surface area contributed by atoms with Crippen LogP contribution in [0.25, 0.3) is 0 Å². The minimum atomic E-state index is -0.375. The number of aromatic nitrogens is 2. The summed E-state index contributed by atoms with van der Waals surface area (Å²) < 4.78 is 12.8. The fourth-order valence-electron chi connectivity index (χ4n) is 3.88. The fraction of sp³-hybridized carbons (Fsp3) is 0.476. The van der Waals surface area contributed by atoms with Crippen molar-refractivity contribution in [3.63, 3.8) is 0 Å². The highest BCUT2D eigenvalue weighted by atomic mass is 16.6. The number of nitrogens with zero attached hydrogens (tertiary/aromatic N) is 2. The van der Waals surface area contributed by atoms with Gasteiger partial charge in [0.15, 0.2) is 17.8 Å². The molecule has 160 valence electrons. The minimum absolute atomic E-state index is 0.000778. The van der Waals surface area contributed by atoms with Crippen molar-refractivity contribution in [3.05, 3.63) is 35.2 Å². The van der Waals surface area contributed by atoms with Crippen LogP contribution in [0.3, 0.4) is 0 Å². The van der Waals surface area contributed by atoms with Gasteiger partial charge in [0.25, 0.3) is 0 Å². The molecule has 9 heteroatoms. The molecule has 1 fully saturated rings. The number of carbonyl (C=O) groups is 2. The summed E-state index contributed by atoms with van der Waals surface area (Å²) in [5, 5.41) is 13.8. The van der Waals surface area contributed by atoms with Gasteiger partial charge in [-0.15, -0.1) is 0 Å². The lowest BCUT2D eigenvalue weighted by Crippen LogP contribution is -2.52. The number of rotatable bonds is 5. The zero-order valence-electron chi connectivity index (χ0n) is 17.4. The minimum Gasteiger partial charge on any atom is -0.486 e. The smallest absolute Gasteiger partial charge is 0.224 e. The molecule has 2 unspecified atom stereocenters. The Kier molecular flexibility index (Phi) is 5.63. The molecule has 30 heavy (non-hydrogen) atoms. The molecule has 0 bridgehead atoms. The van der Waals surface area contributed by atoms with E-state index in [1.807, 2.05) is 20.8 Å². The van der Waals surface area contributed by atoms with Crippen LogP contribution in [0.2, 0.25) is 0 Å². The van der Waals surface area contributed by atoms with E-state index in [-0.39, 0.29) is 24.1 Å². The Balaban J connectivity index is 1.39. The Bertz CT molecular complexity index is 971. The molecule has 3 heterocycles. The summed E-state index contributed by atoms with van der Waals surface area (Å²) in [5.41, 5.74) is 3.48. The molecular formula is C21H27N5O4. The van der Waals surface area contributed by atoms with Crippen molar-refractivity contribution in [3.8, 4) is 11.5 Å². The quantitative estimate of drug-likeness (QED) is 0.690. The van der Waals surface area contributed by atoms with Gasteiger partial charge >= 0.3 is 0 Å². The van der Waals surface area contributed by atoms with Crippen LogP contribution >= 0.6 is 0 Å². The molecule has 4 rings (SSSR count). The number of fused-ring (bicyclic) bond motifs is 1. The van der Waals surface area contributed by atoms with E-state index >= 15 is 0 Å². The van der Waals surface area contributed by atoms with Crippen molar-refractivity contribution in [2.24, 2.45) is 0 Å². The molecular weight excluding hydrogens is 386 g/mol. The Morgan fingerprint density at radius 1 is 1.27 bits per heavy atom. The fourth-order valence-corrected chi connectivity index (χ4v) is 3.88. The molecule has 2 aliphatic rings. The first-order valence-electron chi connectivity index (χ1n) is 10.2. The second-order valence-corrected chi connectivity index (χ2v) is 7.74. The summed E-state index contributed by atoms with van der Waals surface area (Å²) in [4.78, 5) is 24.4. The van der Waals surface area contributed by atoms with Crippen molar-refractivity contribution < 1.29 is 19.1 Å². The second-order valence-electron chi connectivity index (χ2n) is 7.74. The number of nitrogens with one attached hydrogen (secondary N) is 3. The maximum atomic E-state index is 12.5. The normalized spacial score (nSPS) is 20.6. The van der Waals surface area contributed by atoms with E-state index in [2.05, 4.69) is 21.0 Å². The first-order chi connectivity index (χ1) is 14.4. The van der Waals surface area contributed by atoms with Crippen LogP contribution in [0.5, 0.6) is 11.5 Å². The molecule has 2 aromatic rings. The number of aryl methyl sites for hydroxylation is 1. The summed E-state index contributed by atoms with van der Waals surface area (Å²) >= 11 is 0. The van der Waals surface area contributed by atoms with Crippen molar-refractivity contribution >= 4 is 17.5 Å². The molecule has 9 nitrogen and oxygen atoms in total. The molecule has 3 N–H and O–H groups in total. The first kappa shape index (κ1) is 20.2. The average molecular weight is 413 g/mol. The van der Waals surface area contributed by atoms with E-state index in [1.165, 1.54) is 0 Å². The molecule has 0 spiro atoms. The van der Waals surface area contributed by atoms with Gasteiger partial charge in [-0.3, -0.25) is 14.9 Å². The number of hydrogen-bond donors (Lipinski definition) is 3. The van der Waals surface area contributed by atoms with Crippen LogP contribution in [0.15, 0.2) is 18.2 Å². The number of amides is 2. The van der Waals surface area contributed by atoms with Crippen molar-refractivity contribution in [2.75, 3.05) is 18.5 Å². The second kappa shape index (κ2) is 8.35. The van der Waals surface area contributed by atoms with Gasteiger partial charge in [-0.25, -0.2) is 4.68 Å². The molecule has 0 radical (unpaired) electrons. The maximum Gasteiger partial charge on any atom is 0.224 e. The van der Waals surface area contributed by atoms with Crippen molar-refractivity contribution in [2.45, 2.75) is 52.4 Å². The summed E-state index contributed by atoms with van der Waals surface area (Å²) in [6, 6.07) is 5.46. The number of carbonyl (C=O) groups excluding carboxylic acids is 2. The third-order valence-electron chi connectivity index (χ3n) is 5.38. The van der Waals surface area contributed by atoms with Crippen molar-refractivity contribution in [1.29, 1.82) is 0 Å². The predicted octanol–water partition coefficient (Wildman–Crippen LogP) is 1.80. The summed E-state index contributed by atoms with van der Waals surface area (Å²) in [5.74, 6) is 1.24. The number of anilines is 1. The van der Waals surface area contributed by atoms with Crippen LogP contribution in [-0.4, -0.2) is 40.9 Å². The monoisotopic (exact) mass is 413 g/mol. The van der Waals surface area contributed by atoms with E-state index < -0.39 is 0 Å². The Morgan fingerprint density at radius 3 is 2.80 bits per heavy atom. The van der Waals surface area contributed by atoms with Crippen LogP contribution in [-0.2, 0) is 16.0 Å². The van der Waals surface area contributed by atoms with Crippen LogP contribution < -0.4 is 25.4 Å². The van der Waals surface area contributed by atoms with Gasteiger partial charge in [-0.2, -0.15) is 5.10 Å². The molecule has 2 aliphatic heterocycles. The van der Waals surface area contributed by atoms with E-state index in [4.69, 9.17) is 9.47 Å². The lowest BCUT2D eigenvalue weighted by molar-refractivity contribution is -0.125. The SMILES string of the molecule is Cc1nn(C2NC(=O)CC(C)N2)c(C)c1CCC(=O)Nc1ccc2c(c1)OCCO2. The highest BCUT2D eigenvalue weighted by Gasteiger charge is 2.27. The Hall–Kier alpha value is -3.07. The summed E-state index contributed by atoms with van der Waals surface area (Å²) in [6.45, 7) is 6.89. The largest absolute Gasteiger partial charge is 0.486 e. The highest BCUT2D eigenvalue weighted by molar-refractivity contribution is 5.91. The molecule has 0 aliphatic carbocycles. The first-order valence-corrected chi connectivity index (χ1v) is 10.2. The van der Waals surface area contributed by atoms with Crippen LogP contribution in [0.4, 0.5) is 5.69 Å². The summed E-state index contributed by atoms with van der Waals surface area (Å²) in [6.07, 6.45) is 0.954. The molecule has 2 amide bonds. The molecule has 1 aromatic heterocycles. The lowest BCUT2D eigenvalue weighted by Gasteiger charge is -2.30. The van der Waals surface area contributed by atoms with Gasteiger partial charge in [0.05, 0.1) is 5.69 Å². The average Bonchev–Trinajstić information content (AvgIpc) is 2.99. The molecule has 1 aromatic carbocycles. The zero-order chi connectivity index (χ0) is 21.3. The van der Waals surface area contributed by atoms with Gasteiger partial charge in [0.1, 0.15) is 13.2 Å². The highest BCUT2D eigenvalue weighted by Crippen LogP contribution is 2.32. The van der Waals surface area contributed by atoms with E-state index in [0.717, 1.165) is 17.0 Å². The van der Waals surface area contributed by atoms with Gasteiger partial charge in [-0.1, -0.05) is 0 Å². The Morgan fingerprint density at radius 2 is 2.03 bits per heavy atom. The van der Waals surface area contributed by atoms with Gasteiger partial charge in [-0.05, 0) is 44.9 Å². The van der Waals surface area contributed by atoms with E-state index in [9.17, 15) is 9.59 Å². The van der Waals surface area contributed by atoms with Gasteiger partial charge in [0.2, 0.25) is 11.8 Å². The zero-order valence-corrected chi connectivity index (χ0v) is 17.4. The lowest BCUT2D eigenvalue weighted by atomic mass is 10.1. The van der Waals surface area contributed by atoms with Gasteiger partial charge in [0, 0.05) is 36.3 Å². The van der Waals surface area contributed by atoms with E-state index in [1.54, 1.807) is 22.9 Å².